The molecule has 1 aliphatic rings. The van der Waals surface area contributed by atoms with E-state index in [-0.39, 0.29) is 0 Å². The normalized spacial score (nSPS) is 15.5. The minimum absolute atomic E-state index is 0.648. The Labute approximate surface area is 146 Å². The summed E-state index contributed by atoms with van der Waals surface area (Å²) in [6.45, 7) is 6.34. The molecule has 3 heterocycles. The van der Waals surface area contributed by atoms with E-state index in [1.165, 1.54) is 5.56 Å². The second-order valence-corrected chi connectivity index (χ2v) is 6.19. The van der Waals surface area contributed by atoms with Crippen LogP contribution >= 0.6 is 0 Å². The van der Waals surface area contributed by atoms with E-state index in [1.807, 2.05) is 18.2 Å². The zero-order valence-corrected chi connectivity index (χ0v) is 14.2. The molecule has 128 valence electrons. The fourth-order valence-corrected chi connectivity index (χ4v) is 2.97. The Hall–Kier alpha value is -2.80. The average molecular weight is 336 g/mol. The van der Waals surface area contributed by atoms with Gasteiger partial charge in [-0.1, -0.05) is 28.9 Å². The Bertz CT molecular complexity index is 826. The molecule has 0 atom stereocenters. The molecular formula is C18H20N6O. The first-order valence-corrected chi connectivity index (χ1v) is 8.42. The maximum atomic E-state index is 5.43. The Kier molecular flexibility index (Phi) is 4.39. The van der Waals surface area contributed by atoms with Crippen LogP contribution in [-0.2, 0) is 6.54 Å². The van der Waals surface area contributed by atoms with Gasteiger partial charge >= 0.3 is 0 Å². The van der Waals surface area contributed by atoms with Crippen molar-refractivity contribution < 1.29 is 4.52 Å². The number of hydrogen-bond acceptors (Lipinski definition) is 7. The summed E-state index contributed by atoms with van der Waals surface area (Å²) in [5.41, 5.74) is 2.17. The van der Waals surface area contributed by atoms with Gasteiger partial charge in [-0.25, -0.2) is 9.97 Å². The molecule has 25 heavy (non-hydrogen) atoms. The highest BCUT2D eigenvalue weighted by molar-refractivity contribution is 5.55. The molecule has 1 fully saturated rings. The highest BCUT2D eigenvalue weighted by Gasteiger charge is 2.20. The summed E-state index contributed by atoms with van der Waals surface area (Å²) in [7, 11) is 0. The van der Waals surface area contributed by atoms with Gasteiger partial charge in [0, 0.05) is 44.1 Å². The summed E-state index contributed by atoms with van der Waals surface area (Å²) in [4.78, 5) is 17.7. The Morgan fingerprint density at radius 1 is 1.04 bits per heavy atom. The molecule has 7 heteroatoms. The molecule has 0 spiro atoms. The zero-order chi connectivity index (χ0) is 17.1. The highest BCUT2D eigenvalue weighted by Crippen LogP contribution is 2.18. The number of nitrogens with zero attached hydrogens (tertiary/aromatic N) is 6. The lowest BCUT2D eigenvalue weighted by Crippen LogP contribution is -2.46. The van der Waals surface area contributed by atoms with Gasteiger partial charge in [0.25, 0.3) is 0 Å². The molecule has 0 unspecified atom stereocenters. The van der Waals surface area contributed by atoms with E-state index in [4.69, 9.17) is 4.52 Å². The summed E-state index contributed by atoms with van der Waals surface area (Å²) < 4.78 is 5.43. The van der Waals surface area contributed by atoms with Crippen molar-refractivity contribution in [1.29, 1.82) is 0 Å². The van der Waals surface area contributed by atoms with Gasteiger partial charge in [0.05, 0.1) is 6.54 Å². The molecule has 0 radical (unpaired) electrons. The van der Waals surface area contributed by atoms with E-state index in [9.17, 15) is 0 Å². The molecule has 1 aliphatic heterocycles. The van der Waals surface area contributed by atoms with Gasteiger partial charge in [-0.2, -0.15) is 4.98 Å². The molecule has 0 aliphatic carbocycles. The van der Waals surface area contributed by atoms with Gasteiger partial charge in [-0.05, 0) is 19.1 Å². The van der Waals surface area contributed by atoms with Crippen LogP contribution in [0, 0.1) is 6.92 Å². The molecule has 1 saturated heterocycles. The standard InChI is InChI=1S/C18H20N6O/c1-14-4-2-5-15(12-14)17-21-16(25-22-17)13-23-8-10-24(11-9-23)18-19-6-3-7-20-18/h2-7,12H,8-11,13H2,1H3. The molecule has 0 saturated carbocycles. The summed E-state index contributed by atoms with van der Waals surface area (Å²) in [6.07, 6.45) is 3.56. The van der Waals surface area contributed by atoms with E-state index in [1.54, 1.807) is 12.4 Å². The van der Waals surface area contributed by atoms with Gasteiger partial charge < -0.3 is 9.42 Å². The number of aromatic nitrogens is 4. The lowest BCUT2D eigenvalue weighted by atomic mass is 10.1. The Balaban J connectivity index is 1.36. The number of rotatable bonds is 4. The minimum Gasteiger partial charge on any atom is -0.338 e. The van der Waals surface area contributed by atoms with Crippen LogP contribution in [0.3, 0.4) is 0 Å². The minimum atomic E-state index is 0.648. The summed E-state index contributed by atoms with van der Waals surface area (Å²) in [5.74, 6) is 2.10. The van der Waals surface area contributed by atoms with Crippen LogP contribution in [0.25, 0.3) is 11.4 Å². The zero-order valence-electron chi connectivity index (χ0n) is 14.2. The monoisotopic (exact) mass is 336 g/mol. The average Bonchev–Trinajstić information content (AvgIpc) is 3.12. The molecule has 0 bridgehead atoms. The number of anilines is 1. The first-order valence-electron chi connectivity index (χ1n) is 8.42. The summed E-state index contributed by atoms with van der Waals surface area (Å²) >= 11 is 0. The van der Waals surface area contributed by atoms with Crippen molar-refractivity contribution in [3.8, 4) is 11.4 Å². The van der Waals surface area contributed by atoms with Crippen LogP contribution in [0.4, 0.5) is 5.95 Å². The molecule has 7 nitrogen and oxygen atoms in total. The van der Waals surface area contributed by atoms with Crippen LogP contribution in [0.2, 0.25) is 0 Å². The van der Waals surface area contributed by atoms with Crippen LogP contribution in [0.1, 0.15) is 11.5 Å². The van der Waals surface area contributed by atoms with Gasteiger partial charge in [0.2, 0.25) is 17.7 Å². The maximum Gasteiger partial charge on any atom is 0.241 e. The third-order valence-corrected chi connectivity index (χ3v) is 4.31. The highest BCUT2D eigenvalue weighted by atomic mass is 16.5. The third kappa shape index (κ3) is 3.66. The van der Waals surface area contributed by atoms with Crippen LogP contribution in [0.15, 0.2) is 47.2 Å². The number of hydrogen-bond donors (Lipinski definition) is 0. The second-order valence-electron chi connectivity index (χ2n) is 6.19. The van der Waals surface area contributed by atoms with Crippen molar-refractivity contribution in [2.24, 2.45) is 0 Å². The predicted octanol–water partition coefficient (Wildman–Crippen LogP) is 2.16. The van der Waals surface area contributed by atoms with Crippen molar-refractivity contribution in [2.75, 3.05) is 31.1 Å². The van der Waals surface area contributed by atoms with E-state index < -0.39 is 0 Å². The van der Waals surface area contributed by atoms with Crippen molar-refractivity contribution in [1.82, 2.24) is 25.0 Å². The molecule has 1 aromatic carbocycles. The van der Waals surface area contributed by atoms with E-state index >= 15 is 0 Å². The molecule has 0 amide bonds. The van der Waals surface area contributed by atoms with Gasteiger partial charge in [-0.3, -0.25) is 4.90 Å². The molecule has 4 rings (SSSR count). The molecule has 0 N–H and O–H groups in total. The Morgan fingerprint density at radius 3 is 2.60 bits per heavy atom. The summed E-state index contributed by atoms with van der Waals surface area (Å²) in [5, 5.41) is 4.11. The van der Waals surface area contributed by atoms with E-state index in [2.05, 4.69) is 49.0 Å². The van der Waals surface area contributed by atoms with Crippen molar-refractivity contribution in [3.05, 3.63) is 54.2 Å². The summed E-state index contributed by atoms with van der Waals surface area (Å²) in [6, 6.07) is 9.96. The first-order chi connectivity index (χ1) is 12.3. The van der Waals surface area contributed by atoms with E-state index in [0.717, 1.165) is 37.7 Å². The molecule has 2 aromatic heterocycles. The topological polar surface area (TPSA) is 71.2 Å². The number of benzene rings is 1. The smallest absolute Gasteiger partial charge is 0.241 e. The number of piperazine rings is 1. The predicted molar refractivity (Wildman–Crippen MR) is 94.0 cm³/mol. The quantitative estimate of drug-likeness (QED) is 0.723. The van der Waals surface area contributed by atoms with Crippen molar-refractivity contribution >= 4 is 5.95 Å². The van der Waals surface area contributed by atoms with Gasteiger partial charge in [0.1, 0.15) is 0 Å². The molecular weight excluding hydrogens is 316 g/mol. The Morgan fingerprint density at radius 2 is 1.84 bits per heavy atom. The third-order valence-electron chi connectivity index (χ3n) is 4.31. The fourth-order valence-electron chi connectivity index (χ4n) is 2.97. The first kappa shape index (κ1) is 15.7. The van der Waals surface area contributed by atoms with Crippen molar-refractivity contribution in [2.45, 2.75) is 13.5 Å². The maximum absolute atomic E-state index is 5.43. The SMILES string of the molecule is Cc1cccc(-c2noc(CN3CCN(c4ncccn4)CC3)n2)c1. The second kappa shape index (κ2) is 6.98. The van der Waals surface area contributed by atoms with Crippen molar-refractivity contribution in [3.63, 3.8) is 0 Å². The van der Waals surface area contributed by atoms with Gasteiger partial charge in [-0.15, -0.1) is 0 Å². The van der Waals surface area contributed by atoms with E-state index in [0.29, 0.717) is 18.3 Å². The fraction of sp³-hybridized carbons (Fsp3) is 0.333. The van der Waals surface area contributed by atoms with Gasteiger partial charge in [0.15, 0.2) is 0 Å². The van der Waals surface area contributed by atoms with Crippen LogP contribution in [-0.4, -0.2) is 51.2 Å². The lowest BCUT2D eigenvalue weighted by molar-refractivity contribution is 0.214. The lowest BCUT2D eigenvalue weighted by Gasteiger charge is -2.33. The molecule has 3 aromatic rings. The van der Waals surface area contributed by atoms with Crippen LogP contribution < -0.4 is 4.90 Å². The number of aryl methyl sites for hydroxylation is 1. The van der Waals surface area contributed by atoms with Crippen LogP contribution in [0.5, 0.6) is 0 Å². The largest absolute Gasteiger partial charge is 0.338 e.